The predicted molar refractivity (Wildman–Crippen MR) is 120 cm³/mol. The van der Waals surface area contributed by atoms with Gasteiger partial charge in [0.25, 0.3) is 0 Å². The molecule has 1 atom stereocenters. The van der Waals surface area contributed by atoms with Crippen LogP contribution in [0.15, 0.2) is 42.7 Å². The maximum atomic E-state index is 4.77. The van der Waals surface area contributed by atoms with E-state index in [1.54, 1.807) is 17.7 Å². The van der Waals surface area contributed by atoms with Crippen molar-refractivity contribution in [2.75, 3.05) is 11.4 Å². The van der Waals surface area contributed by atoms with Gasteiger partial charge in [0.1, 0.15) is 22.8 Å². The lowest BCUT2D eigenvalue weighted by atomic mass is 10.0. The molecule has 0 spiro atoms. The average Bonchev–Trinajstić information content (AvgIpc) is 3.44. The van der Waals surface area contributed by atoms with Crippen LogP contribution < -0.4 is 4.90 Å². The molecule has 0 radical (unpaired) electrons. The normalized spacial score (nSPS) is 19.2. The Balaban J connectivity index is 1.44. The average molecular weight is 417 g/mol. The van der Waals surface area contributed by atoms with E-state index >= 15 is 0 Å². The lowest BCUT2D eigenvalue weighted by Gasteiger charge is -2.36. The van der Waals surface area contributed by atoms with Crippen molar-refractivity contribution in [3.63, 3.8) is 0 Å². The fraction of sp³-hybridized carbons (Fsp3) is 0.391. The summed E-state index contributed by atoms with van der Waals surface area (Å²) in [6.45, 7) is 2.04. The number of thiophene rings is 1. The number of nitrogens with zero attached hydrogens (tertiary/aromatic N) is 6. The first-order chi connectivity index (χ1) is 14.9. The molecule has 1 saturated heterocycles. The van der Waals surface area contributed by atoms with E-state index in [1.165, 1.54) is 36.1 Å². The molecule has 0 bridgehead atoms. The van der Waals surface area contributed by atoms with E-state index in [1.807, 2.05) is 0 Å². The largest absolute Gasteiger partial charge is 0.346 e. The molecule has 0 saturated carbocycles. The van der Waals surface area contributed by atoms with Crippen molar-refractivity contribution in [3.8, 4) is 10.4 Å². The third-order valence-electron chi connectivity index (χ3n) is 6.33. The first-order valence-electron chi connectivity index (χ1n) is 10.9. The zero-order chi connectivity index (χ0) is 19.9. The Kier molecular flexibility index (Phi) is 4.48. The zero-order valence-electron chi connectivity index (χ0n) is 16.9. The van der Waals surface area contributed by atoms with Crippen LogP contribution in [0.3, 0.4) is 0 Å². The molecule has 7 heteroatoms. The molecule has 1 aromatic carbocycles. The van der Waals surface area contributed by atoms with Gasteiger partial charge in [-0.15, -0.1) is 21.5 Å². The molecule has 4 aromatic rings. The predicted octanol–water partition coefficient (Wildman–Crippen LogP) is 5.02. The standard InChI is InChI=1S/C23H24N6S/c1-2-8-16(9-3-1)19-14-17-21(24-15-25-23(17)30-19)28-12-6-4-10-18(28)22-27-26-20-11-5-7-13-29(20)22/h1-3,8-9,14-15,18H,4-7,10-13H2. The molecule has 6 rings (SSSR count). The van der Waals surface area contributed by atoms with Crippen LogP contribution in [0.25, 0.3) is 20.7 Å². The molecule has 3 aromatic heterocycles. The number of hydrogen-bond donors (Lipinski definition) is 0. The number of fused-ring (bicyclic) bond motifs is 2. The second-order valence-electron chi connectivity index (χ2n) is 8.18. The molecular weight excluding hydrogens is 392 g/mol. The summed E-state index contributed by atoms with van der Waals surface area (Å²) in [6, 6.07) is 13.0. The molecule has 5 heterocycles. The zero-order valence-corrected chi connectivity index (χ0v) is 17.7. The van der Waals surface area contributed by atoms with Crippen molar-refractivity contribution in [1.29, 1.82) is 0 Å². The lowest BCUT2D eigenvalue weighted by molar-refractivity contribution is 0.421. The van der Waals surface area contributed by atoms with Gasteiger partial charge in [-0.05, 0) is 43.7 Å². The summed E-state index contributed by atoms with van der Waals surface area (Å²) in [5, 5.41) is 10.3. The third kappa shape index (κ3) is 2.99. The second kappa shape index (κ2) is 7.47. The number of rotatable bonds is 3. The topological polar surface area (TPSA) is 59.7 Å². The van der Waals surface area contributed by atoms with E-state index < -0.39 is 0 Å². The molecule has 0 N–H and O–H groups in total. The van der Waals surface area contributed by atoms with Gasteiger partial charge < -0.3 is 9.47 Å². The van der Waals surface area contributed by atoms with Crippen LogP contribution in [0, 0.1) is 0 Å². The molecule has 0 amide bonds. The van der Waals surface area contributed by atoms with E-state index in [-0.39, 0.29) is 6.04 Å². The van der Waals surface area contributed by atoms with Gasteiger partial charge in [0.2, 0.25) is 0 Å². The third-order valence-corrected chi connectivity index (χ3v) is 7.42. The summed E-state index contributed by atoms with van der Waals surface area (Å²) in [6.07, 6.45) is 8.69. The molecule has 0 aliphatic carbocycles. The molecule has 1 unspecified atom stereocenters. The first-order valence-corrected chi connectivity index (χ1v) is 11.7. The lowest BCUT2D eigenvalue weighted by Crippen LogP contribution is -2.36. The molecule has 6 nitrogen and oxygen atoms in total. The Morgan fingerprint density at radius 2 is 1.83 bits per heavy atom. The van der Waals surface area contributed by atoms with Crippen LogP contribution in [0.1, 0.15) is 49.8 Å². The van der Waals surface area contributed by atoms with Crippen molar-refractivity contribution < 1.29 is 0 Å². The number of anilines is 1. The van der Waals surface area contributed by atoms with E-state index in [0.717, 1.165) is 53.6 Å². The fourth-order valence-electron chi connectivity index (χ4n) is 4.85. The Morgan fingerprint density at radius 1 is 0.933 bits per heavy atom. The highest BCUT2D eigenvalue weighted by atomic mass is 32.1. The van der Waals surface area contributed by atoms with Crippen molar-refractivity contribution in [3.05, 3.63) is 54.4 Å². The Morgan fingerprint density at radius 3 is 2.77 bits per heavy atom. The summed E-state index contributed by atoms with van der Waals surface area (Å²) in [7, 11) is 0. The van der Waals surface area contributed by atoms with Gasteiger partial charge in [-0.1, -0.05) is 30.3 Å². The van der Waals surface area contributed by atoms with Crippen LogP contribution >= 0.6 is 11.3 Å². The van der Waals surface area contributed by atoms with Crippen molar-refractivity contribution in [2.24, 2.45) is 0 Å². The molecule has 152 valence electrons. The minimum atomic E-state index is 0.233. The van der Waals surface area contributed by atoms with Crippen molar-refractivity contribution in [1.82, 2.24) is 24.7 Å². The van der Waals surface area contributed by atoms with E-state index in [2.05, 4.69) is 61.0 Å². The Bertz CT molecular complexity index is 1180. The minimum Gasteiger partial charge on any atom is -0.346 e. The number of piperidine rings is 1. The highest BCUT2D eigenvalue weighted by Gasteiger charge is 2.32. The Labute approximate surface area is 179 Å². The highest BCUT2D eigenvalue weighted by Crippen LogP contribution is 2.40. The van der Waals surface area contributed by atoms with Gasteiger partial charge in [-0.3, -0.25) is 0 Å². The van der Waals surface area contributed by atoms with Gasteiger partial charge in [-0.2, -0.15) is 0 Å². The highest BCUT2D eigenvalue weighted by molar-refractivity contribution is 7.21. The minimum absolute atomic E-state index is 0.233. The molecule has 2 aliphatic heterocycles. The number of hydrogen-bond acceptors (Lipinski definition) is 6. The number of benzene rings is 1. The summed E-state index contributed by atoms with van der Waals surface area (Å²) >= 11 is 1.74. The fourth-order valence-corrected chi connectivity index (χ4v) is 5.85. The second-order valence-corrected chi connectivity index (χ2v) is 9.21. The SMILES string of the molecule is c1ccc(-c2cc3c(N4CCCCC4c4nnc5n4CCCC5)ncnc3s2)cc1. The number of aromatic nitrogens is 5. The Hall–Kier alpha value is -2.80. The first kappa shape index (κ1) is 18.0. The van der Waals surface area contributed by atoms with Crippen LogP contribution in [0.5, 0.6) is 0 Å². The van der Waals surface area contributed by atoms with Gasteiger partial charge in [0, 0.05) is 24.4 Å². The van der Waals surface area contributed by atoms with Crippen LogP contribution in [0.2, 0.25) is 0 Å². The quantitative estimate of drug-likeness (QED) is 0.469. The van der Waals surface area contributed by atoms with Gasteiger partial charge in [0.05, 0.1) is 11.4 Å². The van der Waals surface area contributed by atoms with Gasteiger partial charge in [-0.25, -0.2) is 9.97 Å². The summed E-state index contributed by atoms with van der Waals surface area (Å²) < 4.78 is 2.37. The van der Waals surface area contributed by atoms with Gasteiger partial charge in [0.15, 0.2) is 5.82 Å². The van der Waals surface area contributed by atoms with Crippen LogP contribution in [-0.4, -0.2) is 31.3 Å². The summed E-state index contributed by atoms with van der Waals surface area (Å²) in [4.78, 5) is 14.1. The maximum Gasteiger partial charge on any atom is 0.155 e. The smallest absolute Gasteiger partial charge is 0.155 e. The molecule has 2 aliphatic rings. The molecule has 30 heavy (non-hydrogen) atoms. The molecule has 1 fully saturated rings. The van der Waals surface area contributed by atoms with Crippen molar-refractivity contribution >= 4 is 27.4 Å². The van der Waals surface area contributed by atoms with Crippen molar-refractivity contribution in [2.45, 2.75) is 51.1 Å². The van der Waals surface area contributed by atoms with Crippen LogP contribution in [0.4, 0.5) is 5.82 Å². The summed E-state index contributed by atoms with van der Waals surface area (Å²) in [5.41, 5.74) is 1.23. The van der Waals surface area contributed by atoms with E-state index in [4.69, 9.17) is 4.98 Å². The van der Waals surface area contributed by atoms with E-state index in [9.17, 15) is 0 Å². The van der Waals surface area contributed by atoms with Crippen LogP contribution in [-0.2, 0) is 13.0 Å². The number of aryl methyl sites for hydroxylation is 1. The van der Waals surface area contributed by atoms with E-state index in [0.29, 0.717) is 0 Å². The summed E-state index contributed by atoms with van der Waals surface area (Å²) in [5.74, 6) is 3.31. The maximum absolute atomic E-state index is 4.77. The monoisotopic (exact) mass is 416 g/mol. The van der Waals surface area contributed by atoms with Gasteiger partial charge >= 0.3 is 0 Å². The molecular formula is C23H24N6S.